The van der Waals surface area contributed by atoms with Crippen molar-refractivity contribution in [3.05, 3.63) is 35.7 Å². The van der Waals surface area contributed by atoms with E-state index in [0.29, 0.717) is 11.4 Å². The number of benzene rings is 1. The van der Waals surface area contributed by atoms with Gasteiger partial charge in [-0.05, 0) is 19.1 Å². The van der Waals surface area contributed by atoms with Crippen molar-refractivity contribution >= 4 is 5.97 Å². The second-order valence-electron chi connectivity index (χ2n) is 3.28. The molecule has 2 rings (SSSR count). The number of aromatic hydroxyl groups is 1. The van der Waals surface area contributed by atoms with Crippen molar-refractivity contribution in [2.24, 2.45) is 0 Å². The van der Waals surface area contributed by atoms with Gasteiger partial charge >= 0.3 is 5.97 Å². The molecular weight excluding hydrogens is 210 g/mol. The molecule has 0 radical (unpaired) electrons. The molecule has 0 aliphatic carbocycles. The van der Waals surface area contributed by atoms with Crippen LogP contribution in [0.25, 0.3) is 5.69 Å². The number of aryl methyl sites for hydroxylation is 1. The number of nitrogens with zero attached hydrogens (tertiary/aromatic N) is 3. The van der Waals surface area contributed by atoms with Gasteiger partial charge < -0.3 is 10.2 Å². The van der Waals surface area contributed by atoms with Crippen LogP contribution in [0.2, 0.25) is 0 Å². The van der Waals surface area contributed by atoms with E-state index in [4.69, 9.17) is 5.11 Å². The van der Waals surface area contributed by atoms with Gasteiger partial charge in [-0.3, -0.25) is 0 Å². The van der Waals surface area contributed by atoms with Gasteiger partial charge in [0, 0.05) is 0 Å². The summed E-state index contributed by atoms with van der Waals surface area (Å²) in [6.45, 7) is 1.75. The first-order valence-corrected chi connectivity index (χ1v) is 4.54. The zero-order valence-corrected chi connectivity index (χ0v) is 8.45. The van der Waals surface area contributed by atoms with Crippen molar-refractivity contribution in [2.45, 2.75) is 6.92 Å². The topological polar surface area (TPSA) is 88.2 Å². The summed E-state index contributed by atoms with van der Waals surface area (Å²) in [4.78, 5) is 10.8. The predicted molar refractivity (Wildman–Crippen MR) is 54.7 cm³/mol. The molecule has 0 saturated heterocycles. The van der Waals surface area contributed by atoms with E-state index >= 15 is 0 Å². The average Bonchev–Trinajstić information content (AvgIpc) is 2.64. The summed E-state index contributed by atoms with van der Waals surface area (Å²) in [6.07, 6.45) is 1.60. The maximum atomic E-state index is 10.8. The minimum atomic E-state index is -1.18. The van der Waals surface area contributed by atoms with Gasteiger partial charge in [0.2, 0.25) is 0 Å². The second-order valence-corrected chi connectivity index (χ2v) is 3.28. The first kappa shape index (κ1) is 10.2. The molecule has 0 saturated carbocycles. The summed E-state index contributed by atoms with van der Waals surface area (Å²) in [5, 5.41) is 26.1. The fourth-order valence-corrected chi connectivity index (χ4v) is 1.35. The molecule has 82 valence electrons. The van der Waals surface area contributed by atoms with E-state index in [1.54, 1.807) is 19.2 Å². The highest BCUT2D eigenvalue weighted by atomic mass is 16.4. The number of hydrogen-bond donors (Lipinski definition) is 2. The van der Waals surface area contributed by atoms with E-state index in [1.165, 1.54) is 16.8 Å². The lowest BCUT2D eigenvalue weighted by atomic mass is 10.2. The number of carboxylic acid groups (broad SMARTS) is 1. The van der Waals surface area contributed by atoms with Crippen LogP contribution in [-0.2, 0) is 0 Å². The minimum Gasteiger partial charge on any atom is -0.505 e. The molecule has 0 aliphatic rings. The Labute approximate surface area is 90.8 Å². The average molecular weight is 219 g/mol. The quantitative estimate of drug-likeness (QED) is 0.785. The van der Waals surface area contributed by atoms with Crippen LogP contribution in [-0.4, -0.2) is 31.2 Å². The molecule has 6 heteroatoms. The van der Waals surface area contributed by atoms with Crippen LogP contribution in [0.1, 0.15) is 16.1 Å². The molecule has 16 heavy (non-hydrogen) atoms. The summed E-state index contributed by atoms with van der Waals surface area (Å²) in [5.41, 5.74) is 0.811. The van der Waals surface area contributed by atoms with Crippen LogP contribution in [0, 0.1) is 6.92 Å². The lowest BCUT2D eigenvalue weighted by molar-refractivity contribution is 0.0693. The molecule has 6 nitrogen and oxygen atoms in total. The van der Waals surface area contributed by atoms with Crippen molar-refractivity contribution in [3.63, 3.8) is 0 Å². The summed E-state index contributed by atoms with van der Waals surface area (Å²) in [7, 11) is 0. The molecular formula is C10H9N3O3. The Morgan fingerprint density at radius 2 is 2.19 bits per heavy atom. The standard InChI is InChI=1S/C10H9N3O3/c1-6-5-13(12-11-6)8-4-2-3-7(9(8)14)10(15)16/h2-5,14H,1H3,(H,15,16). The molecule has 0 aliphatic heterocycles. The number of hydrogen-bond acceptors (Lipinski definition) is 4. The zero-order valence-electron chi connectivity index (χ0n) is 8.45. The second kappa shape index (κ2) is 3.65. The van der Waals surface area contributed by atoms with Crippen LogP contribution in [0.15, 0.2) is 24.4 Å². The van der Waals surface area contributed by atoms with Gasteiger partial charge in [-0.2, -0.15) is 0 Å². The number of aromatic nitrogens is 3. The summed E-state index contributed by atoms with van der Waals surface area (Å²) in [6, 6.07) is 4.43. The van der Waals surface area contributed by atoms with Gasteiger partial charge in [0.15, 0.2) is 5.75 Å². The van der Waals surface area contributed by atoms with Gasteiger partial charge in [0.25, 0.3) is 0 Å². The summed E-state index contributed by atoms with van der Waals surface area (Å²) in [5.74, 6) is -1.50. The van der Waals surface area contributed by atoms with E-state index < -0.39 is 5.97 Å². The molecule has 0 fully saturated rings. The van der Waals surface area contributed by atoms with E-state index in [1.807, 2.05) is 0 Å². The first-order valence-electron chi connectivity index (χ1n) is 4.54. The van der Waals surface area contributed by atoms with E-state index in [-0.39, 0.29) is 11.3 Å². The molecule has 0 amide bonds. The Morgan fingerprint density at radius 3 is 2.75 bits per heavy atom. The van der Waals surface area contributed by atoms with Crippen molar-refractivity contribution in [1.29, 1.82) is 0 Å². The minimum absolute atomic E-state index is 0.161. The number of carbonyl (C=O) groups is 1. The molecule has 0 atom stereocenters. The Morgan fingerprint density at radius 1 is 1.44 bits per heavy atom. The number of carboxylic acids is 1. The molecule has 1 aromatic heterocycles. The van der Waals surface area contributed by atoms with Gasteiger partial charge in [-0.25, -0.2) is 9.48 Å². The maximum absolute atomic E-state index is 10.8. The summed E-state index contributed by atoms with van der Waals surface area (Å²) < 4.78 is 1.33. The van der Waals surface area contributed by atoms with Crippen molar-refractivity contribution in [3.8, 4) is 11.4 Å². The van der Waals surface area contributed by atoms with Crippen LogP contribution in [0.4, 0.5) is 0 Å². The highest BCUT2D eigenvalue weighted by Crippen LogP contribution is 2.25. The highest BCUT2D eigenvalue weighted by molar-refractivity contribution is 5.92. The predicted octanol–water partition coefficient (Wildman–Crippen LogP) is 0.980. The van der Waals surface area contributed by atoms with Gasteiger partial charge in [-0.15, -0.1) is 5.10 Å². The number of rotatable bonds is 2. The first-order chi connectivity index (χ1) is 7.59. The van der Waals surface area contributed by atoms with Crippen LogP contribution in [0.3, 0.4) is 0 Å². The van der Waals surface area contributed by atoms with Gasteiger partial charge in [-0.1, -0.05) is 11.3 Å². The number of aromatic carboxylic acids is 1. The largest absolute Gasteiger partial charge is 0.505 e. The third-order valence-electron chi connectivity index (χ3n) is 2.10. The SMILES string of the molecule is Cc1cn(-c2cccc(C(=O)O)c2O)nn1. The van der Waals surface area contributed by atoms with Crippen LogP contribution in [0.5, 0.6) is 5.75 Å². The molecule has 0 spiro atoms. The maximum Gasteiger partial charge on any atom is 0.339 e. The molecule has 2 N–H and O–H groups in total. The fourth-order valence-electron chi connectivity index (χ4n) is 1.35. The molecule has 1 aromatic carbocycles. The third kappa shape index (κ3) is 1.60. The Balaban J connectivity index is 2.58. The Hall–Kier alpha value is -2.37. The Kier molecular flexibility index (Phi) is 2.32. The van der Waals surface area contributed by atoms with E-state index in [2.05, 4.69) is 10.3 Å². The van der Waals surface area contributed by atoms with Gasteiger partial charge in [0.05, 0.1) is 11.9 Å². The number of phenols is 1. The normalized spacial score (nSPS) is 10.3. The molecule has 0 bridgehead atoms. The van der Waals surface area contributed by atoms with Gasteiger partial charge in [0.1, 0.15) is 11.3 Å². The highest BCUT2D eigenvalue weighted by Gasteiger charge is 2.14. The smallest absolute Gasteiger partial charge is 0.339 e. The molecule has 0 unspecified atom stereocenters. The Bertz CT molecular complexity index is 548. The zero-order chi connectivity index (χ0) is 11.7. The van der Waals surface area contributed by atoms with Crippen LogP contribution < -0.4 is 0 Å². The lowest BCUT2D eigenvalue weighted by Crippen LogP contribution is -2.01. The van der Waals surface area contributed by atoms with E-state index in [0.717, 1.165) is 0 Å². The van der Waals surface area contributed by atoms with Crippen molar-refractivity contribution < 1.29 is 15.0 Å². The van der Waals surface area contributed by atoms with Crippen LogP contribution >= 0.6 is 0 Å². The van der Waals surface area contributed by atoms with Crippen molar-refractivity contribution in [1.82, 2.24) is 15.0 Å². The van der Waals surface area contributed by atoms with Crippen molar-refractivity contribution in [2.75, 3.05) is 0 Å². The third-order valence-corrected chi connectivity index (χ3v) is 2.10. The molecule has 2 aromatic rings. The lowest BCUT2D eigenvalue weighted by Gasteiger charge is -2.05. The van der Waals surface area contributed by atoms with E-state index in [9.17, 15) is 9.90 Å². The number of para-hydroxylation sites is 1. The fraction of sp³-hybridized carbons (Fsp3) is 0.100. The monoisotopic (exact) mass is 219 g/mol. The summed E-state index contributed by atoms with van der Waals surface area (Å²) >= 11 is 0. The molecule has 1 heterocycles.